The molecule has 0 saturated carbocycles. The smallest absolute Gasteiger partial charge is 0.380 e. The van der Waals surface area contributed by atoms with Crippen molar-refractivity contribution >= 4 is 31.9 Å². The lowest BCUT2D eigenvalue weighted by molar-refractivity contribution is -0.142. The summed E-state index contributed by atoms with van der Waals surface area (Å²) in [6, 6.07) is 3.73. The Hall–Kier alpha value is -1.91. The number of hydrogen-bond acceptors (Lipinski definition) is 5. The van der Waals surface area contributed by atoms with Gasteiger partial charge in [-0.2, -0.15) is 13.2 Å². The van der Waals surface area contributed by atoms with Crippen LogP contribution in [0.25, 0.3) is 0 Å². The maximum absolute atomic E-state index is 13.5. The fourth-order valence-electron chi connectivity index (χ4n) is 2.83. The number of benzene rings is 1. The molecule has 30 heavy (non-hydrogen) atoms. The molecule has 1 aromatic carbocycles. The van der Waals surface area contributed by atoms with Gasteiger partial charge in [-0.1, -0.05) is 42.8 Å². The van der Waals surface area contributed by atoms with Crippen molar-refractivity contribution in [1.82, 2.24) is 19.9 Å². The Morgan fingerprint density at radius 1 is 0.767 bits per heavy atom. The van der Waals surface area contributed by atoms with Crippen molar-refractivity contribution in [3.63, 3.8) is 0 Å². The van der Waals surface area contributed by atoms with E-state index in [0.29, 0.717) is 0 Å². The van der Waals surface area contributed by atoms with Crippen LogP contribution in [-0.2, 0) is 11.8 Å². The molecule has 0 amide bonds. The van der Waals surface area contributed by atoms with E-state index in [2.05, 4.69) is 51.8 Å². The average Bonchev–Trinajstić information content (AvgIpc) is 2.67. The predicted octanol–water partition coefficient (Wildman–Crippen LogP) is 5.78. The van der Waals surface area contributed by atoms with Crippen molar-refractivity contribution in [3.05, 3.63) is 81.3 Å². The van der Waals surface area contributed by atoms with Gasteiger partial charge >= 0.3 is 6.18 Å². The molecule has 2 heterocycles. The molecule has 160 valence electrons. The second-order valence-corrected chi connectivity index (χ2v) is 9.16. The molecule has 1 atom stereocenters. The van der Waals surface area contributed by atoms with Crippen LogP contribution in [0.5, 0.6) is 0 Å². The van der Waals surface area contributed by atoms with E-state index in [0.717, 1.165) is 10.5 Å². The van der Waals surface area contributed by atoms with E-state index in [4.69, 9.17) is 0 Å². The van der Waals surface area contributed by atoms with Crippen molar-refractivity contribution in [2.24, 2.45) is 5.41 Å². The fraction of sp³-hybridized carbons (Fsp3) is 0.300. The Bertz CT molecular complexity index is 967. The van der Waals surface area contributed by atoms with Crippen LogP contribution < -0.4 is 0 Å². The van der Waals surface area contributed by atoms with Gasteiger partial charge in [0.25, 0.3) is 0 Å². The zero-order chi connectivity index (χ0) is 22.6. The Balaban J connectivity index is 0.000000386. The molecule has 0 aliphatic heterocycles. The highest BCUT2D eigenvalue weighted by Crippen LogP contribution is 2.48. The molecule has 2 aromatic heterocycles. The summed E-state index contributed by atoms with van der Waals surface area (Å²) in [5, 5.41) is 11.3. The molecule has 0 fully saturated rings. The third-order valence-electron chi connectivity index (χ3n) is 4.27. The van der Waals surface area contributed by atoms with Gasteiger partial charge in [0, 0.05) is 40.4 Å². The monoisotopic (exact) mass is 546 g/mol. The zero-order valence-corrected chi connectivity index (χ0v) is 19.5. The van der Waals surface area contributed by atoms with Crippen LogP contribution in [-0.4, -0.2) is 25.0 Å². The Labute approximate surface area is 189 Å². The van der Waals surface area contributed by atoms with Gasteiger partial charge in [-0.15, -0.1) is 0 Å². The molecule has 0 radical (unpaired) electrons. The van der Waals surface area contributed by atoms with E-state index in [1.54, 1.807) is 33.2 Å². The number of rotatable bonds is 2. The van der Waals surface area contributed by atoms with Crippen LogP contribution in [0, 0.1) is 5.41 Å². The van der Waals surface area contributed by atoms with Crippen molar-refractivity contribution in [2.75, 3.05) is 0 Å². The van der Waals surface area contributed by atoms with Crippen LogP contribution in [0.2, 0.25) is 0 Å². The number of alkyl halides is 3. The van der Waals surface area contributed by atoms with E-state index in [-0.39, 0.29) is 15.6 Å². The van der Waals surface area contributed by atoms with Crippen LogP contribution in [0.1, 0.15) is 37.5 Å². The number of hydrogen-bond donors (Lipinski definition) is 1. The Morgan fingerprint density at radius 2 is 1.27 bits per heavy atom. The molecule has 0 bridgehead atoms. The van der Waals surface area contributed by atoms with Crippen molar-refractivity contribution in [1.29, 1.82) is 0 Å². The zero-order valence-electron chi connectivity index (χ0n) is 16.3. The fourth-order valence-corrected chi connectivity index (χ4v) is 3.42. The number of nitrogens with zero attached hydrogens (tertiary/aromatic N) is 4. The van der Waals surface area contributed by atoms with Crippen LogP contribution in [0.15, 0.2) is 64.6 Å². The molecule has 0 spiro atoms. The minimum atomic E-state index is -4.60. The summed E-state index contributed by atoms with van der Waals surface area (Å²) in [6.45, 7) is 5.01. The molecule has 0 aliphatic carbocycles. The van der Waals surface area contributed by atoms with Gasteiger partial charge in [-0.25, -0.2) is 19.9 Å². The average molecular weight is 548 g/mol. The lowest BCUT2D eigenvalue weighted by Gasteiger charge is -2.42. The van der Waals surface area contributed by atoms with E-state index < -0.39 is 22.8 Å². The summed E-state index contributed by atoms with van der Waals surface area (Å²) in [5.41, 5.74) is -3.74. The third-order valence-corrected chi connectivity index (χ3v) is 5.17. The summed E-state index contributed by atoms with van der Waals surface area (Å²) in [6.07, 6.45) is 4.19. The molecule has 0 saturated heterocycles. The highest BCUT2D eigenvalue weighted by Gasteiger charge is 2.48. The summed E-state index contributed by atoms with van der Waals surface area (Å²) in [7, 11) is 0. The molecular weight excluding hydrogens is 529 g/mol. The summed E-state index contributed by atoms with van der Waals surface area (Å²) >= 11 is 6.24. The molecule has 3 rings (SSSR count). The molecule has 0 aliphatic rings. The highest BCUT2D eigenvalue weighted by atomic mass is 79.9. The topological polar surface area (TPSA) is 71.8 Å². The second-order valence-electron chi connectivity index (χ2n) is 7.33. The number of aliphatic hydroxyl groups is 1. The lowest BCUT2D eigenvalue weighted by Crippen LogP contribution is -2.42. The second kappa shape index (κ2) is 9.49. The van der Waals surface area contributed by atoms with Gasteiger partial charge in [0.05, 0.1) is 10.0 Å². The van der Waals surface area contributed by atoms with Gasteiger partial charge in [0.2, 0.25) is 0 Å². The van der Waals surface area contributed by atoms with Gasteiger partial charge in [-0.3, -0.25) is 0 Å². The summed E-state index contributed by atoms with van der Waals surface area (Å²) in [5.74, 6) is 0. The quantitative estimate of drug-likeness (QED) is 0.440. The molecular formula is C20H19Br2F3N4O. The van der Waals surface area contributed by atoms with Crippen LogP contribution >= 0.6 is 31.9 Å². The maximum Gasteiger partial charge on any atom is 0.416 e. The van der Waals surface area contributed by atoms with Gasteiger partial charge in [-0.05, 0) is 33.5 Å². The Morgan fingerprint density at radius 3 is 1.67 bits per heavy atom. The minimum absolute atomic E-state index is 0.209. The lowest BCUT2D eigenvalue weighted by atomic mass is 9.68. The SMILES string of the molecule is Brc1cncnc1.CC(C)(C)C(O)(c1cncnc1)c1ccc(Br)cc1C(F)(F)F. The maximum atomic E-state index is 13.5. The summed E-state index contributed by atoms with van der Waals surface area (Å²) in [4.78, 5) is 15.1. The third kappa shape index (κ3) is 5.61. The molecule has 3 aromatic rings. The highest BCUT2D eigenvalue weighted by molar-refractivity contribution is 9.10. The molecule has 10 heteroatoms. The first-order chi connectivity index (χ1) is 13.9. The standard InChI is InChI=1S/C16H16BrF3N2O.C4H3BrN2/c1-14(2,3)15(23,10-7-21-9-22-8-10)12-5-4-11(17)6-13(12)16(18,19)20;5-4-1-6-3-7-2-4/h4-9,23H,1-3H3;1-3H. The van der Waals surface area contributed by atoms with Gasteiger partial charge < -0.3 is 5.11 Å². The first kappa shape index (κ1) is 24.4. The molecule has 1 unspecified atom stereocenters. The summed E-state index contributed by atoms with van der Waals surface area (Å²) < 4.78 is 41.7. The normalized spacial score (nSPS) is 13.8. The van der Waals surface area contributed by atoms with E-state index in [9.17, 15) is 18.3 Å². The first-order valence-corrected chi connectivity index (χ1v) is 10.2. The minimum Gasteiger partial charge on any atom is -0.380 e. The molecule has 1 N–H and O–H groups in total. The van der Waals surface area contributed by atoms with Crippen molar-refractivity contribution in [2.45, 2.75) is 32.5 Å². The largest absolute Gasteiger partial charge is 0.416 e. The van der Waals surface area contributed by atoms with Crippen molar-refractivity contribution in [3.8, 4) is 0 Å². The number of aromatic nitrogens is 4. The van der Waals surface area contributed by atoms with Crippen LogP contribution in [0.3, 0.4) is 0 Å². The predicted molar refractivity (Wildman–Crippen MR) is 113 cm³/mol. The number of halogens is 5. The first-order valence-electron chi connectivity index (χ1n) is 8.63. The van der Waals surface area contributed by atoms with Crippen LogP contribution in [0.4, 0.5) is 13.2 Å². The van der Waals surface area contributed by atoms with E-state index >= 15 is 0 Å². The van der Waals surface area contributed by atoms with Crippen molar-refractivity contribution < 1.29 is 18.3 Å². The van der Waals surface area contributed by atoms with E-state index in [1.807, 2.05) is 0 Å². The Kier molecular flexibility index (Phi) is 7.70. The van der Waals surface area contributed by atoms with E-state index in [1.165, 1.54) is 37.2 Å². The molecule has 5 nitrogen and oxygen atoms in total. The van der Waals surface area contributed by atoms with Gasteiger partial charge in [0.1, 0.15) is 18.3 Å². The van der Waals surface area contributed by atoms with Gasteiger partial charge in [0.15, 0.2) is 0 Å².